The van der Waals surface area contributed by atoms with Crippen molar-refractivity contribution in [2.24, 2.45) is 0 Å². The summed E-state index contributed by atoms with van der Waals surface area (Å²) in [4.78, 5) is 10.6. The van der Waals surface area contributed by atoms with Crippen LogP contribution in [0.5, 0.6) is 5.75 Å². The molecule has 0 unspecified atom stereocenters. The number of carboxylic acids is 1. The van der Waals surface area contributed by atoms with Crippen molar-refractivity contribution >= 4 is 11.7 Å². The molecule has 0 atom stereocenters. The molecule has 0 heterocycles. The zero-order valence-corrected chi connectivity index (χ0v) is 11.6. The van der Waals surface area contributed by atoms with Gasteiger partial charge in [0.1, 0.15) is 0 Å². The van der Waals surface area contributed by atoms with Gasteiger partial charge in [-0.1, -0.05) is 24.3 Å². The summed E-state index contributed by atoms with van der Waals surface area (Å²) in [5.41, 5.74) is 2.39. The molecule has 0 aromatic heterocycles. The molecule has 5 heteroatoms. The van der Waals surface area contributed by atoms with E-state index in [1.54, 1.807) is 24.3 Å². The quantitative estimate of drug-likeness (QED) is 0.858. The van der Waals surface area contributed by atoms with Crippen LogP contribution < -0.4 is 10.1 Å². The van der Waals surface area contributed by atoms with Crippen LogP contribution in [0, 0.1) is 5.82 Å². The monoisotopic (exact) mass is 289 g/mol. The van der Waals surface area contributed by atoms with E-state index in [9.17, 15) is 9.18 Å². The smallest absolute Gasteiger partial charge is 0.307 e. The number of carboxylic acid groups (broad SMARTS) is 1. The predicted molar refractivity (Wildman–Crippen MR) is 78.1 cm³/mol. The van der Waals surface area contributed by atoms with E-state index in [-0.39, 0.29) is 12.2 Å². The number of benzene rings is 2. The maximum atomic E-state index is 13.5. The zero-order valence-electron chi connectivity index (χ0n) is 11.6. The minimum absolute atomic E-state index is 0.0113. The highest BCUT2D eigenvalue weighted by atomic mass is 19.1. The fourth-order valence-corrected chi connectivity index (χ4v) is 1.93. The van der Waals surface area contributed by atoms with E-state index < -0.39 is 11.8 Å². The number of carbonyl (C=O) groups is 1. The Labute approximate surface area is 122 Å². The van der Waals surface area contributed by atoms with Gasteiger partial charge in [-0.2, -0.15) is 0 Å². The van der Waals surface area contributed by atoms with Gasteiger partial charge in [-0.3, -0.25) is 4.79 Å². The van der Waals surface area contributed by atoms with Crippen molar-refractivity contribution in [3.05, 3.63) is 59.4 Å². The van der Waals surface area contributed by atoms with E-state index in [0.717, 1.165) is 11.1 Å². The van der Waals surface area contributed by atoms with Crippen LogP contribution in [0.3, 0.4) is 0 Å². The topological polar surface area (TPSA) is 58.6 Å². The summed E-state index contributed by atoms with van der Waals surface area (Å²) in [5, 5.41) is 11.8. The summed E-state index contributed by atoms with van der Waals surface area (Å²) in [6, 6.07) is 11.9. The number of aliphatic carboxylic acids is 1. The van der Waals surface area contributed by atoms with Gasteiger partial charge in [0.05, 0.1) is 13.5 Å². The second kappa shape index (κ2) is 6.74. The van der Waals surface area contributed by atoms with Crippen molar-refractivity contribution < 1.29 is 19.0 Å². The molecule has 0 radical (unpaired) electrons. The molecule has 0 bridgehead atoms. The van der Waals surface area contributed by atoms with Crippen molar-refractivity contribution in [2.45, 2.75) is 13.0 Å². The van der Waals surface area contributed by atoms with E-state index in [0.29, 0.717) is 12.2 Å². The van der Waals surface area contributed by atoms with Crippen LogP contribution in [0.2, 0.25) is 0 Å². The summed E-state index contributed by atoms with van der Waals surface area (Å²) in [7, 11) is 1.42. The van der Waals surface area contributed by atoms with Gasteiger partial charge in [0.15, 0.2) is 11.6 Å². The van der Waals surface area contributed by atoms with Crippen molar-refractivity contribution in [3.8, 4) is 5.75 Å². The van der Waals surface area contributed by atoms with E-state index in [4.69, 9.17) is 9.84 Å². The molecule has 110 valence electrons. The molecular weight excluding hydrogens is 273 g/mol. The summed E-state index contributed by atoms with van der Waals surface area (Å²) < 4.78 is 18.4. The van der Waals surface area contributed by atoms with Crippen LogP contribution in [0.25, 0.3) is 0 Å². The number of hydrogen-bond acceptors (Lipinski definition) is 3. The highest BCUT2D eigenvalue weighted by molar-refractivity contribution is 5.70. The Morgan fingerprint density at radius 1 is 1.19 bits per heavy atom. The van der Waals surface area contributed by atoms with Crippen LogP contribution in [-0.4, -0.2) is 18.2 Å². The molecule has 2 aromatic carbocycles. The van der Waals surface area contributed by atoms with Gasteiger partial charge < -0.3 is 15.2 Å². The van der Waals surface area contributed by atoms with Crippen molar-refractivity contribution in [1.82, 2.24) is 0 Å². The Morgan fingerprint density at radius 3 is 2.43 bits per heavy atom. The van der Waals surface area contributed by atoms with Crippen LogP contribution in [0.15, 0.2) is 42.5 Å². The maximum absolute atomic E-state index is 13.5. The Balaban J connectivity index is 1.96. The molecular formula is C16H16FNO3. The first-order valence-corrected chi connectivity index (χ1v) is 6.45. The lowest BCUT2D eigenvalue weighted by Crippen LogP contribution is -2.02. The molecule has 0 spiro atoms. The van der Waals surface area contributed by atoms with Crippen molar-refractivity contribution in [1.29, 1.82) is 0 Å². The van der Waals surface area contributed by atoms with E-state index in [1.165, 1.54) is 13.2 Å². The van der Waals surface area contributed by atoms with Crippen LogP contribution in [0.4, 0.5) is 10.1 Å². The average molecular weight is 289 g/mol. The molecule has 2 N–H and O–H groups in total. The standard InChI is InChI=1S/C16H16FNO3/c1-21-15-7-6-13(9-14(15)17)18-10-12-4-2-11(3-5-12)8-16(19)20/h2-7,9,18H,8,10H2,1H3,(H,19,20). The summed E-state index contributed by atoms with van der Waals surface area (Å²) >= 11 is 0. The molecule has 0 aliphatic heterocycles. The Hall–Kier alpha value is -2.56. The molecule has 0 aliphatic carbocycles. The van der Waals surface area contributed by atoms with Crippen LogP contribution in [-0.2, 0) is 17.8 Å². The molecule has 0 fully saturated rings. The van der Waals surface area contributed by atoms with Crippen LogP contribution >= 0.6 is 0 Å². The summed E-state index contributed by atoms with van der Waals surface area (Å²) in [6.07, 6.45) is 0.0113. The number of hydrogen-bond donors (Lipinski definition) is 2. The number of anilines is 1. The molecule has 0 saturated carbocycles. The lowest BCUT2D eigenvalue weighted by Gasteiger charge is -2.09. The van der Waals surface area contributed by atoms with Gasteiger partial charge >= 0.3 is 5.97 Å². The van der Waals surface area contributed by atoms with Crippen molar-refractivity contribution in [2.75, 3.05) is 12.4 Å². The third-order valence-electron chi connectivity index (χ3n) is 3.03. The first kappa shape index (κ1) is 14.8. The second-order valence-electron chi connectivity index (χ2n) is 4.59. The SMILES string of the molecule is COc1ccc(NCc2ccc(CC(=O)O)cc2)cc1F. The summed E-state index contributed by atoms with van der Waals surface area (Å²) in [6.45, 7) is 0.527. The molecule has 21 heavy (non-hydrogen) atoms. The highest BCUT2D eigenvalue weighted by Crippen LogP contribution is 2.21. The number of rotatable bonds is 6. The first-order valence-electron chi connectivity index (χ1n) is 6.45. The lowest BCUT2D eigenvalue weighted by molar-refractivity contribution is -0.136. The molecule has 2 aromatic rings. The number of methoxy groups -OCH3 is 1. The maximum Gasteiger partial charge on any atom is 0.307 e. The van der Waals surface area contributed by atoms with Gasteiger partial charge in [-0.15, -0.1) is 0 Å². The minimum Gasteiger partial charge on any atom is -0.494 e. The predicted octanol–water partition coefficient (Wildman–Crippen LogP) is 3.07. The molecule has 0 saturated heterocycles. The number of halogens is 1. The number of ether oxygens (including phenoxy) is 1. The van der Waals surface area contributed by atoms with Crippen molar-refractivity contribution in [3.63, 3.8) is 0 Å². The molecule has 4 nitrogen and oxygen atoms in total. The third kappa shape index (κ3) is 4.21. The van der Waals surface area contributed by atoms with Gasteiger partial charge in [-0.05, 0) is 23.3 Å². The fraction of sp³-hybridized carbons (Fsp3) is 0.188. The Kier molecular flexibility index (Phi) is 4.77. The number of nitrogens with one attached hydrogen (secondary N) is 1. The van der Waals surface area contributed by atoms with Gasteiger partial charge in [-0.25, -0.2) is 4.39 Å². The Morgan fingerprint density at radius 2 is 1.86 bits per heavy atom. The molecule has 0 amide bonds. The van der Waals surface area contributed by atoms with Gasteiger partial charge in [0, 0.05) is 18.3 Å². The van der Waals surface area contributed by atoms with Gasteiger partial charge in [0.2, 0.25) is 0 Å². The highest BCUT2D eigenvalue weighted by Gasteiger charge is 2.04. The fourth-order valence-electron chi connectivity index (χ4n) is 1.93. The largest absolute Gasteiger partial charge is 0.494 e. The minimum atomic E-state index is -0.852. The first-order chi connectivity index (χ1) is 10.1. The summed E-state index contributed by atoms with van der Waals surface area (Å²) in [5.74, 6) is -1.06. The zero-order chi connectivity index (χ0) is 15.2. The van der Waals surface area contributed by atoms with E-state index in [1.807, 2.05) is 12.1 Å². The van der Waals surface area contributed by atoms with E-state index >= 15 is 0 Å². The lowest BCUT2D eigenvalue weighted by atomic mass is 10.1. The third-order valence-corrected chi connectivity index (χ3v) is 3.03. The van der Waals surface area contributed by atoms with Gasteiger partial charge in [0.25, 0.3) is 0 Å². The second-order valence-corrected chi connectivity index (χ2v) is 4.59. The molecule has 2 rings (SSSR count). The average Bonchev–Trinajstić information content (AvgIpc) is 2.46. The normalized spacial score (nSPS) is 10.2. The van der Waals surface area contributed by atoms with Crippen LogP contribution in [0.1, 0.15) is 11.1 Å². The van der Waals surface area contributed by atoms with E-state index in [2.05, 4.69) is 5.32 Å². The molecule has 0 aliphatic rings. The Bertz CT molecular complexity index is 626.